The van der Waals surface area contributed by atoms with Gasteiger partial charge in [0.25, 0.3) is 0 Å². The van der Waals surface area contributed by atoms with Gasteiger partial charge in [0.15, 0.2) is 0 Å². The molecular weight excluding hydrogens is 187 g/mol. The van der Waals surface area contributed by atoms with Gasteiger partial charge < -0.3 is 0 Å². The van der Waals surface area contributed by atoms with Crippen molar-refractivity contribution in [3.8, 4) is 0 Å². The van der Waals surface area contributed by atoms with Crippen LogP contribution in [0.5, 0.6) is 0 Å². The van der Waals surface area contributed by atoms with E-state index in [1.807, 2.05) is 0 Å². The van der Waals surface area contributed by atoms with Crippen molar-refractivity contribution in [3.05, 3.63) is 0 Å². The van der Waals surface area contributed by atoms with E-state index in [-0.39, 0.29) is 0 Å². The molecular formula is C13H29P. The average Bonchev–Trinajstić information content (AvgIpc) is 2.01. The summed E-state index contributed by atoms with van der Waals surface area (Å²) < 4.78 is 0. The van der Waals surface area contributed by atoms with Crippen LogP contribution in [0.15, 0.2) is 0 Å². The Balaban J connectivity index is 3.65. The largest absolute Gasteiger partial charge is 0.137 e. The number of rotatable bonds is 7. The van der Waals surface area contributed by atoms with Crippen LogP contribution in [0.3, 0.4) is 0 Å². The van der Waals surface area contributed by atoms with E-state index in [0.29, 0.717) is 0 Å². The van der Waals surface area contributed by atoms with Crippen LogP contribution < -0.4 is 0 Å². The second-order valence-corrected chi connectivity index (χ2v) is 6.12. The van der Waals surface area contributed by atoms with Gasteiger partial charge in [0.2, 0.25) is 0 Å². The summed E-state index contributed by atoms with van der Waals surface area (Å²) in [4.78, 5) is 0. The van der Waals surface area contributed by atoms with Crippen molar-refractivity contribution in [2.75, 3.05) is 6.16 Å². The van der Waals surface area contributed by atoms with E-state index in [2.05, 4.69) is 43.9 Å². The zero-order valence-electron chi connectivity index (χ0n) is 10.7. The van der Waals surface area contributed by atoms with Gasteiger partial charge in [0.1, 0.15) is 0 Å². The molecule has 0 saturated carbocycles. The highest BCUT2D eigenvalue weighted by molar-refractivity contribution is 7.16. The van der Waals surface area contributed by atoms with E-state index < -0.39 is 0 Å². The maximum atomic E-state index is 2.86. The fraction of sp³-hybridized carbons (Fsp3) is 1.00. The lowest BCUT2D eigenvalue weighted by molar-refractivity contribution is 0.322. The molecule has 86 valence electrons. The smallest absolute Gasteiger partial charge is 0.0355 e. The minimum atomic E-state index is 0.858. The van der Waals surface area contributed by atoms with Gasteiger partial charge in [-0.05, 0) is 49.1 Å². The van der Waals surface area contributed by atoms with E-state index in [4.69, 9.17) is 0 Å². The molecule has 0 heterocycles. The molecule has 0 aromatic rings. The summed E-state index contributed by atoms with van der Waals surface area (Å²) in [5.41, 5.74) is 0. The highest BCUT2D eigenvalue weighted by atomic mass is 31.0. The SMILES string of the molecule is CC(C)CC(C)CC(C)CC(C)CP. The second-order valence-electron chi connectivity index (χ2n) is 5.65. The van der Waals surface area contributed by atoms with Gasteiger partial charge in [-0.15, -0.1) is 9.24 Å². The number of hydrogen-bond acceptors (Lipinski definition) is 0. The van der Waals surface area contributed by atoms with Crippen LogP contribution in [0.25, 0.3) is 0 Å². The van der Waals surface area contributed by atoms with Crippen LogP contribution in [0, 0.1) is 23.7 Å². The van der Waals surface area contributed by atoms with Crippen LogP contribution in [0.1, 0.15) is 53.9 Å². The third-order valence-electron chi connectivity index (χ3n) is 2.89. The molecule has 0 bridgehead atoms. The summed E-state index contributed by atoms with van der Waals surface area (Å²) >= 11 is 0. The van der Waals surface area contributed by atoms with Crippen molar-refractivity contribution in [1.82, 2.24) is 0 Å². The van der Waals surface area contributed by atoms with Crippen molar-refractivity contribution in [3.63, 3.8) is 0 Å². The molecule has 0 aromatic heterocycles. The molecule has 0 nitrogen and oxygen atoms in total. The minimum absolute atomic E-state index is 0.858. The molecule has 0 aliphatic rings. The van der Waals surface area contributed by atoms with Crippen LogP contribution in [-0.2, 0) is 0 Å². The zero-order chi connectivity index (χ0) is 11.1. The lowest BCUT2D eigenvalue weighted by Crippen LogP contribution is -2.10. The van der Waals surface area contributed by atoms with Crippen molar-refractivity contribution in [2.45, 2.75) is 53.9 Å². The monoisotopic (exact) mass is 216 g/mol. The zero-order valence-corrected chi connectivity index (χ0v) is 11.9. The first-order valence-corrected chi connectivity index (χ1v) is 6.97. The van der Waals surface area contributed by atoms with Gasteiger partial charge in [0.05, 0.1) is 0 Å². The summed E-state index contributed by atoms with van der Waals surface area (Å²) in [5, 5.41) is 0. The van der Waals surface area contributed by atoms with Gasteiger partial charge in [-0.3, -0.25) is 0 Å². The maximum absolute atomic E-state index is 2.86. The van der Waals surface area contributed by atoms with Crippen LogP contribution in [-0.4, -0.2) is 6.16 Å². The van der Waals surface area contributed by atoms with Crippen molar-refractivity contribution >= 4 is 9.24 Å². The first-order valence-electron chi connectivity index (χ1n) is 6.15. The number of hydrogen-bond donors (Lipinski definition) is 0. The predicted octanol–water partition coefficient (Wildman–Crippen LogP) is 4.60. The normalized spacial score (nSPS) is 18.2. The van der Waals surface area contributed by atoms with Crippen molar-refractivity contribution < 1.29 is 0 Å². The Kier molecular flexibility index (Phi) is 7.92. The lowest BCUT2D eigenvalue weighted by Gasteiger charge is -2.21. The summed E-state index contributed by atoms with van der Waals surface area (Å²) in [5.74, 6) is 3.54. The van der Waals surface area contributed by atoms with Crippen molar-refractivity contribution in [2.24, 2.45) is 23.7 Å². The molecule has 0 aliphatic heterocycles. The topological polar surface area (TPSA) is 0 Å². The summed E-state index contributed by atoms with van der Waals surface area (Å²) in [6, 6.07) is 0. The van der Waals surface area contributed by atoms with Gasteiger partial charge in [-0.1, -0.05) is 34.6 Å². The predicted molar refractivity (Wildman–Crippen MR) is 70.8 cm³/mol. The second kappa shape index (κ2) is 7.69. The molecule has 0 rings (SSSR count). The minimum Gasteiger partial charge on any atom is -0.137 e. The molecule has 14 heavy (non-hydrogen) atoms. The molecule has 0 aromatic carbocycles. The van der Waals surface area contributed by atoms with E-state index in [1.54, 1.807) is 0 Å². The molecule has 0 N–H and O–H groups in total. The van der Waals surface area contributed by atoms with Crippen LogP contribution in [0.2, 0.25) is 0 Å². The Labute approximate surface area is 93.4 Å². The van der Waals surface area contributed by atoms with E-state index in [0.717, 1.165) is 23.7 Å². The molecule has 4 atom stereocenters. The van der Waals surface area contributed by atoms with Crippen LogP contribution in [0.4, 0.5) is 0 Å². The molecule has 1 heteroatoms. The summed E-state index contributed by atoms with van der Waals surface area (Å²) in [6.07, 6.45) is 5.45. The third kappa shape index (κ3) is 7.80. The highest BCUT2D eigenvalue weighted by Gasteiger charge is 2.12. The van der Waals surface area contributed by atoms with Gasteiger partial charge in [0, 0.05) is 0 Å². The Hall–Kier alpha value is 0.430. The molecule has 0 fully saturated rings. The molecule has 0 aliphatic carbocycles. The van der Waals surface area contributed by atoms with Gasteiger partial charge in [-0.25, -0.2) is 0 Å². The highest BCUT2D eigenvalue weighted by Crippen LogP contribution is 2.24. The molecule has 0 saturated heterocycles. The maximum Gasteiger partial charge on any atom is -0.0355 e. The van der Waals surface area contributed by atoms with E-state index >= 15 is 0 Å². The molecule has 0 amide bonds. The molecule has 0 spiro atoms. The Bertz CT molecular complexity index is 131. The van der Waals surface area contributed by atoms with Gasteiger partial charge >= 0.3 is 0 Å². The first kappa shape index (κ1) is 14.4. The van der Waals surface area contributed by atoms with E-state index in [9.17, 15) is 0 Å². The Morgan fingerprint density at radius 2 is 1.14 bits per heavy atom. The van der Waals surface area contributed by atoms with Gasteiger partial charge in [-0.2, -0.15) is 0 Å². The fourth-order valence-electron chi connectivity index (χ4n) is 2.47. The lowest BCUT2D eigenvalue weighted by atomic mass is 9.86. The Morgan fingerprint density at radius 1 is 0.714 bits per heavy atom. The Morgan fingerprint density at radius 3 is 1.57 bits per heavy atom. The summed E-state index contributed by atoms with van der Waals surface area (Å²) in [7, 11) is 2.86. The third-order valence-corrected chi connectivity index (χ3v) is 3.69. The molecule has 4 unspecified atom stereocenters. The fourth-order valence-corrected chi connectivity index (χ4v) is 2.66. The van der Waals surface area contributed by atoms with Crippen LogP contribution >= 0.6 is 9.24 Å². The quantitative estimate of drug-likeness (QED) is 0.546. The standard InChI is InChI=1S/C13H29P/c1-10(2)6-11(3)7-12(4)8-13(5)9-14/h10-13H,6-9,14H2,1-5H3. The average molecular weight is 216 g/mol. The van der Waals surface area contributed by atoms with E-state index in [1.165, 1.54) is 25.4 Å². The van der Waals surface area contributed by atoms with Crippen molar-refractivity contribution in [1.29, 1.82) is 0 Å². The first-order chi connectivity index (χ1) is 6.45. The molecule has 0 radical (unpaired) electrons. The summed E-state index contributed by atoms with van der Waals surface area (Å²) in [6.45, 7) is 11.8.